The van der Waals surface area contributed by atoms with Gasteiger partial charge in [-0.3, -0.25) is 0 Å². The van der Waals surface area contributed by atoms with Crippen LogP contribution in [0.15, 0.2) is 60.9 Å². The van der Waals surface area contributed by atoms with Crippen molar-refractivity contribution in [3.8, 4) is 23.0 Å². The van der Waals surface area contributed by atoms with Crippen LogP contribution in [0.5, 0.6) is 5.88 Å². The Labute approximate surface area is 172 Å². The Bertz CT molecular complexity index is 1180. The van der Waals surface area contributed by atoms with E-state index in [0.717, 1.165) is 31.3 Å². The smallest absolute Gasteiger partial charge is 0.217 e. The molecule has 152 valence electrons. The minimum atomic E-state index is -0.633. The van der Waals surface area contributed by atoms with Crippen LogP contribution in [-0.2, 0) is 0 Å². The number of nitrogens with zero attached hydrogens (tertiary/aromatic N) is 3. The molecule has 0 atom stereocenters. The lowest BCUT2D eigenvalue weighted by Crippen LogP contribution is -2.34. The molecule has 0 unspecified atom stereocenters. The molecule has 5 rings (SSSR count). The maximum atomic E-state index is 14.5. The van der Waals surface area contributed by atoms with Crippen LogP contribution in [-0.4, -0.2) is 33.7 Å². The van der Waals surface area contributed by atoms with E-state index >= 15 is 0 Å². The number of hydrogen-bond acceptors (Lipinski definition) is 4. The third kappa shape index (κ3) is 3.41. The lowest BCUT2D eigenvalue weighted by Gasteiger charge is -2.23. The number of aromatic nitrogens is 3. The number of benzene rings is 2. The van der Waals surface area contributed by atoms with Gasteiger partial charge in [0.2, 0.25) is 5.88 Å². The van der Waals surface area contributed by atoms with Crippen LogP contribution in [0.4, 0.5) is 8.78 Å². The Morgan fingerprint density at radius 3 is 2.53 bits per heavy atom. The number of piperidine rings is 1. The summed E-state index contributed by atoms with van der Waals surface area (Å²) in [5, 5.41) is 4.11. The van der Waals surface area contributed by atoms with Crippen molar-refractivity contribution in [2.24, 2.45) is 0 Å². The van der Waals surface area contributed by atoms with Gasteiger partial charge in [-0.25, -0.2) is 13.8 Å². The summed E-state index contributed by atoms with van der Waals surface area (Å²) in [6.07, 6.45) is 5.28. The fourth-order valence-corrected chi connectivity index (χ4v) is 3.88. The van der Waals surface area contributed by atoms with Crippen molar-refractivity contribution < 1.29 is 13.5 Å². The van der Waals surface area contributed by atoms with E-state index < -0.39 is 11.6 Å². The summed E-state index contributed by atoms with van der Waals surface area (Å²) in [6, 6.07) is 13.0. The van der Waals surface area contributed by atoms with E-state index in [1.807, 2.05) is 24.3 Å². The topological polar surface area (TPSA) is 52.0 Å². The summed E-state index contributed by atoms with van der Waals surface area (Å²) in [7, 11) is 0. The van der Waals surface area contributed by atoms with E-state index in [9.17, 15) is 8.78 Å². The first-order chi connectivity index (χ1) is 14.7. The number of rotatable bonds is 4. The van der Waals surface area contributed by atoms with Crippen LogP contribution in [0.1, 0.15) is 12.8 Å². The molecule has 0 amide bonds. The predicted octanol–water partition coefficient (Wildman–Crippen LogP) is 4.50. The molecule has 2 aromatic carbocycles. The molecule has 2 aromatic heterocycles. The van der Waals surface area contributed by atoms with Crippen molar-refractivity contribution in [1.82, 2.24) is 19.9 Å². The largest absolute Gasteiger partial charge is 0.474 e. The Morgan fingerprint density at radius 1 is 0.967 bits per heavy atom. The van der Waals surface area contributed by atoms with E-state index in [-0.39, 0.29) is 11.8 Å². The molecule has 0 spiro atoms. The van der Waals surface area contributed by atoms with Crippen molar-refractivity contribution in [1.29, 1.82) is 0 Å². The molecule has 1 N–H and O–H groups in total. The zero-order valence-electron chi connectivity index (χ0n) is 16.2. The molecule has 7 heteroatoms. The van der Waals surface area contributed by atoms with Crippen molar-refractivity contribution in [2.75, 3.05) is 13.1 Å². The summed E-state index contributed by atoms with van der Waals surface area (Å²) < 4.78 is 36.5. The maximum Gasteiger partial charge on any atom is 0.217 e. The minimum Gasteiger partial charge on any atom is -0.474 e. The summed E-state index contributed by atoms with van der Waals surface area (Å²) >= 11 is 0. The quantitative estimate of drug-likeness (QED) is 0.542. The second-order valence-corrected chi connectivity index (χ2v) is 7.29. The summed E-state index contributed by atoms with van der Waals surface area (Å²) in [4.78, 5) is 8.98. The molecule has 1 fully saturated rings. The van der Waals surface area contributed by atoms with Gasteiger partial charge < -0.3 is 14.6 Å². The summed E-state index contributed by atoms with van der Waals surface area (Å²) in [6.45, 7) is 1.84. The Balaban J connectivity index is 1.60. The molecule has 0 saturated carbocycles. The van der Waals surface area contributed by atoms with Crippen molar-refractivity contribution >= 4 is 10.9 Å². The van der Waals surface area contributed by atoms with Crippen LogP contribution in [0.2, 0.25) is 0 Å². The predicted molar refractivity (Wildman–Crippen MR) is 111 cm³/mol. The number of halogens is 2. The van der Waals surface area contributed by atoms with E-state index in [0.29, 0.717) is 22.8 Å². The number of para-hydroxylation sites is 2. The molecule has 0 aliphatic carbocycles. The molecule has 5 nitrogen and oxygen atoms in total. The van der Waals surface area contributed by atoms with Gasteiger partial charge in [0, 0.05) is 29.4 Å². The van der Waals surface area contributed by atoms with Crippen LogP contribution < -0.4 is 10.1 Å². The molecule has 4 aromatic rings. The van der Waals surface area contributed by atoms with E-state index in [1.54, 1.807) is 18.5 Å². The highest BCUT2D eigenvalue weighted by Gasteiger charge is 2.19. The molecule has 30 heavy (non-hydrogen) atoms. The first-order valence-corrected chi connectivity index (χ1v) is 9.96. The molecule has 1 aliphatic heterocycles. The third-order valence-electron chi connectivity index (χ3n) is 5.33. The van der Waals surface area contributed by atoms with Gasteiger partial charge >= 0.3 is 0 Å². The van der Waals surface area contributed by atoms with Crippen LogP contribution in [0.25, 0.3) is 28.0 Å². The number of hydrogen-bond donors (Lipinski definition) is 1. The van der Waals surface area contributed by atoms with Gasteiger partial charge in [0.25, 0.3) is 0 Å². The van der Waals surface area contributed by atoms with E-state index in [1.165, 1.54) is 22.8 Å². The van der Waals surface area contributed by atoms with Crippen molar-refractivity contribution in [2.45, 2.75) is 18.9 Å². The molecule has 3 heterocycles. The molecular formula is C23H20F2N4O. The highest BCUT2D eigenvalue weighted by atomic mass is 19.1. The molecule has 0 radical (unpaired) electrons. The Kier molecular flexibility index (Phi) is 4.88. The van der Waals surface area contributed by atoms with Crippen molar-refractivity contribution in [3.63, 3.8) is 0 Å². The summed E-state index contributed by atoms with van der Waals surface area (Å²) in [5.41, 5.74) is 1.23. The Morgan fingerprint density at radius 2 is 1.73 bits per heavy atom. The van der Waals surface area contributed by atoms with Crippen molar-refractivity contribution in [3.05, 3.63) is 72.6 Å². The van der Waals surface area contributed by atoms with Gasteiger partial charge in [-0.15, -0.1) is 0 Å². The van der Waals surface area contributed by atoms with E-state index in [2.05, 4.69) is 15.3 Å². The van der Waals surface area contributed by atoms with Gasteiger partial charge in [-0.05, 0) is 44.1 Å². The zero-order chi connectivity index (χ0) is 20.5. The number of ether oxygens (including phenoxy) is 1. The molecule has 0 bridgehead atoms. The Hall–Kier alpha value is -3.32. The fraction of sp³-hybridized carbons (Fsp3) is 0.217. The highest BCUT2D eigenvalue weighted by Crippen LogP contribution is 2.33. The zero-order valence-corrected chi connectivity index (χ0v) is 16.2. The summed E-state index contributed by atoms with van der Waals surface area (Å²) in [5.74, 6) is -0.314. The van der Waals surface area contributed by atoms with Gasteiger partial charge in [-0.2, -0.15) is 4.98 Å². The second-order valence-electron chi connectivity index (χ2n) is 7.29. The fourth-order valence-electron chi connectivity index (χ4n) is 3.88. The average Bonchev–Trinajstić information content (AvgIpc) is 3.14. The maximum absolute atomic E-state index is 14.5. The van der Waals surface area contributed by atoms with E-state index in [4.69, 9.17) is 4.74 Å². The SMILES string of the molecule is Fc1cccc(F)c1-n1cc(-c2nccc(OC3CCNCC3)n2)c2ccccc21. The lowest BCUT2D eigenvalue weighted by atomic mass is 10.1. The number of nitrogens with one attached hydrogen (secondary N) is 1. The van der Waals surface area contributed by atoms with Crippen LogP contribution in [0, 0.1) is 11.6 Å². The second kappa shape index (κ2) is 7.84. The van der Waals surface area contributed by atoms with Gasteiger partial charge in [-0.1, -0.05) is 24.3 Å². The first kappa shape index (κ1) is 18.7. The lowest BCUT2D eigenvalue weighted by molar-refractivity contribution is 0.156. The van der Waals surface area contributed by atoms with Crippen LogP contribution >= 0.6 is 0 Å². The average molecular weight is 406 g/mol. The van der Waals surface area contributed by atoms with Crippen LogP contribution in [0.3, 0.4) is 0 Å². The molecular weight excluding hydrogens is 386 g/mol. The van der Waals surface area contributed by atoms with Gasteiger partial charge in [0.05, 0.1) is 5.52 Å². The van der Waals surface area contributed by atoms with Gasteiger partial charge in [0.1, 0.15) is 23.4 Å². The molecule has 1 aliphatic rings. The third-order valence-corrected chi connectivity index (χ3v) is 5.33. The first-order valence-electron chi connectivity index (χ1n) is 9.96. The van der Waals surface area contributed by atoms with Gasteiger partial charge in [0.15, 0.2) is 5.82 Å². The monoisotopic (exact) mass is 406 g/mol. The minimum absolute atomic E-state index is 0.114. The highest BCUT2D eigenvalue weighted by molar-refractivity contribution is 5.95. The standard InChI is InChI=1S/C23H20F2N4O/c24-18-5-3-6-19(25)22(18)29-14-17(16-4-1-2-7-20(16)29)23-27-13-10-21(28-23)30-15-8-11-26-12-9-15/h1-7,10,13-15,26H,8-9,11-12H2. The number of fused-ring (bicyclic) bond motifs is 1. The molecule has 1 saturated heterocycles. The normalized spacial score (nSPS) is 14.9.